The minimum absolute atomic E-state index is 0.0490. The average Bonchev–Trinajstić information content (AvgIpc) is 3.62. The van der Waals surface area contributed by atoms with Crippen LogP contribution >= 0.6 is 0 Å². The van der Waals surface area contributed by atoms with Gasteiger partial charge in [0.25, 0.3) is 5.91 Å². The van der Waals surface area contributed by atoms with Crippen LogP contribution in [0.3, 0.4) is 0 Å². The zero-order valence-electron chi connectivity index (χ0n) is 21.6. The maximum Gasteiger partial charge on any atom is 0.267 e. The molecule has 0 bridgehead atoms. The molecule has 0 radical (unpaired) electrons. The Balaban J connectivity index is 1.26. The number of guanidine groups is 1. The zero-order chi connectivity index (χ0) is 25.8. The molecule has 2 aliphatic heterocycles. The number of anilines is 2. The quantitative estimate of drug-likeness (QED) is 0.483. The lowest BCUT2D eigenvalue weighted by Gasteiger charge is -2.34. The normalized spacial score (nSPS) is 22.8. The van der Waals surface area contributed by atoms with E-state index in [1.54, 1.807) is 17.0 Å². The third kappa shape index (κ3) is 3.87. The highest BCUT2D eigenvalue weighted by Gasteiger charge is 2.49. The summed E-state index contributed by atoms with van der Waals surface area (Å²) in [5.41, 5.74) is 3.17. The molecule has 2 aliphatic carbocycles. The van der Waals surface area contributed by atoms with Crippen LogP contribution in [0.1, 0.15) is 67.3 Å². The Morgan fingerprint density at radius 3 is 2.61 bits per heavy atom. The van der Waals surface area contributed by atoms with Gasteiger partial charge in [0.1, 0.15) is 11.4 Å². The molecule has 4 aliphatic rings. The molecule has 9 heteroatoms. The number of nitrogens with one attached hydrogen (secondary N) is 1. The molecule has 4 heterocycles. The molecule has 2 atom stereocenters. The summed E-state index contributed by atoms with van der Waals surface area (Å²) in [7, 11) is 1.83. The SMILES string of the molecule is CN1C(=O)c2c(nn(Cc3ccc(-c4cccc(F)n4)cc3)c2NC2CCCCC2)N2C1=N[C@@H]1CCC[C@@H]12. The summed E-state index contributed by atoms with van der Waals surface area (Å²) in [6.45, 7) is 0.518. The van der Waals surface area contributed by atoms with E-state index in [0.29, 0.717) is 23.8 Å². The first-order chi connectivity index (χ1) is 18.6. The van der Waals surface area contributed by atoms with Crippen molar-refractivity contribution in [3.05, 3.63) is 59.5 Å². The predicted molar refractivity (Wildman–Crippen MR) is 145 cm³/mol. The fourth-order valence-electron chi connectivity index (χ4n) is 6.53. The van der Waals surface area contributed by atoms with Crippen LogP contribution in [0, 0.1) is 5.95 Å². The van der Waals surface area contributed by atoms with Gasteiger partial charge in [-0.25, -0.2) is 14.7 Å². The van der Waals surface area contributed by atoms with Gasteiger partial charge in [0.2, 0.25) is 11.9 Å². The van der Waals surface area contributed by atoms with Gasteiger partial charge >= 0.3 is 0 Å². The molecule has 2 saturated carbocycles. The van der Waals surface area contributed by atoms with Crippen molar-refractivity contribution < 1.29 is 9.18 Å². The summed E-state index contributed by atoms with van der Waals surface area (Å²) < 4.78 is 15.6. The number of halogens is 1. The topological polar surface area (TPSA) is 78.7 Å². The first-order valence-electron chi connectivity index (χ1n) is 13.8. The van der Waals surface area contributed by atoms with Crippen LogP contribution in [0.15, 0.2) is 47.5 Å². The number of fused-ring (bicyclic) bond motifs is 5. The first kappa shape index (κ1) is 23.4. The Bertz CT molecular complexity index is 1410. The number of rotatable bonds is 5. The molecule has 38 heavy (non-hydrogen) atoms. The maximum atomic E-state index is 13.7. The van der Waals surface area contributed by atoms with Gasteiger partial charge in [0.15, 0.2) is 5.82 Å². The Kier molecular flexibility index (Phi) is 5.67. The highest BCUT2D eigenvalue weighted by Crippen LogP contribution is 2.43. The molecule has 2 fully saturated rings. The molecule has 2 aromatic heterocycles. The van der Waals surface area contributed by atoms with Crippen molar-refractivity contribution in [2.24, 2.45) is 4.99 Å². The summed E-state index contributed by atoms with van der Waals surface area (Å²) in [5, 5.41) is 8.83. The predicted octanol–water partition coefficient (Wildman–Crippen LogP) is 5.06. The van der Waals surface area contributed by atoms with E-state index < -0.39 is 5.95 Å². The van der Waals surface area contributed by atoms with Gasteiger partial charge in [-0.2, -0.15) is 9.49 Å². The van der Waals surface area contributed by atoms with Gasteiger partial charge in [0, 0.05) is 18.7 Å². The second-order valence-electron chi connectivity index (χ2n) is 11.0. The number of hydrogen-bond donors (Lipinski definition) is 1. The summed E-state index contributed by atoms with van der Waals surface area (Å²) in [6, 6.07) is 13.6. The summed E-state index contributed by atoms with van der Waals surface area (Å²) >= 11 is 0. The molecule has 1 N–H and O–H groups in total. The Morgan fingerprint density at radius 2 is 1.82 bits per heavy atom. The lowest BCUT2D eigenvalue weighted by Crippen LogP contribution is -2.51. The minimum atomic E-state index is -0.490. The van der Waals surface area contributed by atoms with Crippen LogP contribution in [-0.2, 0) is 6.54 Å². The molecule has 3 aromatic rings. The number of benzene rings is 1. The number of amides is 1. The first-order valence-corrected chi connectivity index (χ1v) is 13.8. The minimum Gasteiger partial charge on any atom is -0.367 e. The highest BCUT2D eigenvalue weighted by atomic mass is 19.1. The second kappa shape index (κ2) is 9.22. The molecule has 0 spiro atoms. The molecular formula is C29H32FN7O. The van der Waals surface area contributed by atoms with Crippen molar-refractivity contribution in [3.63, 3.8) is 0 Å². The van der Waals surface area contributed by atoms with Crippen LogP contribution in [0.2, 0.25) is 0 Å². The van der Waals surface area contributed by atoms with E-state index in [9.17, 15) is 9.18 Å². The number of carbonyl (C=O) groups is 1. The van der Waals surface area contributed by atoms with E-state index in [2.05, 4.69) is 15.2 Å². The molecule has 7 rings (SSSR count). The van der Waals surface area contributed by atoms with Gasteiger partial charge in [-0.1, -0.05) is 49.6 Å². The Morgan fingerprint density at radius 1 is 1.00 bits per heavy atom. The van der Waals surface area contributed by atoms with Gasteiger partial charge < -0.3 is 5.32 Å². The van der Waals surface area contributed by atoms with E-state index in [-0.39, 0.29) is 18.0 Å². The third-order valence-electron chi connectivity index (χ3n) is 8.50. The van der Waals surface area contributed by atoms with Crippen LogP contribution in [0.4, 0.5) is 16.0 Å². The average molecular weight is 514 g/mol. The van der Waals surface area contributed by atoms with Crippen molar-refractivity contribution >= 4 is 23.5 Å². The molecule has 1 aromatic carbocycles. The van der Waals surface area contributed by atoms with Crippen LogP contribution in [-0.4, -0.2) is 56.7 Å². The maximum absolute atomic E-state index is 13.7. The molecule has 8 nitrogen and oxygen atoms in total. The number of pyridine rings is 1. The molecular weight excluding hydrogens is 481 g/mol. The van der Waals surface area contributed by atoms with Gasteiger partial charge in [-0.3, -0.25) is 14.6 Å². The number of nitrogens with zero attached hydrogens (tertiary/aromatic N) is 6. The van der Waals surface area contributed by atoms with E-state index >= 15 is 0 Å². The van der Waals surface area contributed by atoms with Gasteiger partial charge in [0.05, 0.1) is 24.3 Å². The second-order valence-corrected chi connectivity index (χ2v) is 11.0. The monoisotopic (exact) mass is 513 g/mol. The van der Waals surface area contributed by atoms with Crippen molar-refractivity contribution in [2.75, 3.05) is 17.3 Å². The molecule has 0 unspecified atom stereocenters. The fraction of sp³-hybridized carbons (Fsp3) is 0.448. The largest absolute Gasteiger partial charge is 0.367 e. The van der Waals surface area contributed by atoms with Crippen molar-refractivity contribution in [1.82, 2.24) is 19.7 Å². The number of aliphatic imine (C=N–C) groups is 1. The standard InChI is InChI=1S/C29H32FN7O/c1-35-28(38)25-26(31-20-7-3-2-4-8-20)36(34-27(25)37-23-11-5-10-22(23)33-29(35)37)17-18-13-15-19(16-14-18)21-9-6-12-24(30)32-21/h6,9,12-16,20,22-23,31H,2-5,7-8,10-11,17H2,1H3/t22-,23+/m1/s1. The molecule has 196 valence electrons. The van der Waals surface area contributed by atoms with Crippen LogP contribution in [0.5, 0.6) is 0 Å². The van der Waals surface area contributed by atoms with E-state index in [0.717, 1.165) is 60.8 Å². The lowest BCUT2D eigenvalue weighted by molar-refractivity contribution is 0.0865. The van der Waals surface area contributed by atoms with Crippen molar-refractivity contribution in [3.8, 4) is 11.3 Å². The van der Waals surface area contributed by atoms with Crippen LogP contribution in [0.25, 0.3) is 11.3 Å². The summed E-state index contributed by atoms with van der Waals surface area (Å²) in [6.07, 6.45) is 9.13. The Labute approximate surface area is 221 Å². The number of hydrogen-bond acceptors (Lipinski definition) is 6. The van der Waals surface area contributed by atoms with Gasteiger partial charge in [-0.05, 0) is 49.8 Å². The van der Waals surface area contributed by atoms with Crippen molar-refractivity contribution in [2.45, 2.75) is 76.0 Å². The summed E-state index contributed by atoms with van der Waals surface area (Å²) in [4.78, 5) is 26.6. The van der Waals surface area contributed by atoms with Gasteiger partial charge in [-0.15, -0.1) is 0 Å². The van der Waals surface area contributed by atoms with Crippen molar-refractivity contribution in [1.29, 1.82) is 0 Å². The number of aromatic nitrogens is 3. The molecule has 1 amide bonds. The fourth-order valence-corrected chi connectivity index (χ4v) is 6.53. The zero-order valence-corrected chi connectivity index (χ0v) is 21.6. The van der Waals surface area contributed by atoms with E-state index in [1.165, 1.54) is 25.3 Å². The summed E-state index contributed by atoms with van der Waals surface area (Å²) in [5.74, 6) is 1.74. The highest BCUT2D eigenvalue weighted by molar-refractivity contribution is 6.21. The third-order valence-corrected chi connectivity index (χ3v) is 8.50. The van der Waals surface area contributed by atoms with Crippen LogP contribution < -0.4 is 10.2 Å². The lowest BCUT2D eigenvalue weighted by atomic mass is 9.95. The van der Waals surface area contributed by atoms with E-state index in [4.69, 9.17) is 10.1 Å². The Hall–Kier alpha value is -3.75. The van der Waals surface area contributed by atoms with E-state index in [1.807, 2.05) is 36.0 Å². The molecule has 0 saturated heterocycles. The number of carbonyl (C=O) groups excluding carboxylic acids is 1. The smallest absolute Gasteiger partial charge is 0.267 e.